The van der Waals surface area contributed by atoms with Crippen molar-refractivity contribution < 1.29 is 9.84 Å². The molecule has 2 nitrogen and oxygen atoms in total. The Hall–Kier alpha value is 0.270. The Morgan fingerprint density at radius 1 is 1.50 bits per heavy atom. The Balaban J connectivity index is 1.98. The molecule has 0 aliphatic heterocycles. The van der Waals surface area contributed by atoms with Gasteiger partial charge in [-0.25, -0.2) is 0 Å². The third-order valence-corrected chi connectivity index (χ3v) is 3.74. The molecule has 1 aliphatic rings. The quantitative estimate of drug-likeness (QED) is 0.669. The Bertz CT molecular complexity index is 119. The molecule has 0 aromatic rings. The summed E-state index contributed by atoms with van der Waals surface area (Å²) < 4.78 is 4.96. The highest BCUT2D eigenvalue weighted by Crippen LogP contribution is 2.30. The second kappa shape index (κ2) is 5.84. The van der Waals surface area contributed by atoms with Gasteiger partial charge in [-0.15, -0.1) is 0 Å². The Morgan fingerprint density at radius 2 is 2.33 bits per heavy atom. The molecule has 0 bridgehead atoms. The summed E-state index contributed by atoms with van der Waals surface area (Å²) in [6, 6.07) is 0. The summed E-state index contributed by atoms with van der Waals surface area (Å²) >= 11 is 1.90. The van der Waals surface area contributed by atoms with Crippen molar-refractivity contribution in [2.24, 2.45) is 0 Å². The number of aliphatic hydroxyl groups is 1. The van der Waals surface area contributed by atoms with E-state index in [1.54, 1.807) is 7.11 Å². The number of hydrogen-bond donors (Lipinski definition) is 1. The van der Waals surface area contributed by atoms with Crippen molar-refractivity contribution in [1.82, 2.24) is 0 Å². The maximum absolute atomic E-state index is 9.49. The molecule has 0 amide bonds. The molecule has 1 aliphatic carbocycles. The molecule has 72 valence electrons. The lowest BCUT2D eigenvalue weighted by atomic mass is 10.3. The first-order valence-corrected chi connectivity index (χ1v) is 5.68. The van der Waals surface area contributed by atoms with Crippen LogP contribution in [0, 0.1) is 0 Å². The number of hydrogen-bond acceptors (Lipinski definition) is 3. The minimum atomic E-state index is -0.0439. The summed E-state index contributed by atoms with van der Waals surface area (Å²) in [4.78, 5) is 0. The summed E-state index contributed by atoms with van der Waals surface area (Å²) in [5, 5.41) is 10.00. The van der Waals surface area contributed by atoms with E-state index in [4.69, 9.17) is 4.74 Å². The van der Waals surface area contributed by atoms with Crippen molar-refractivity contribution in [3.63, 3.8) is 0 Å². The van der Waals surface area contributed by atoms with Gasteiger partial charge in [0.05, 0.1) is 6.10 Å². The number of methoxy groups -OCH3 is 1. The van der Waals surface area contributed by atoms with Crippen LogP contribution in [0.5, 0.6) is 0 Å². The molecular formula is C9H18O2S. The average Bonchev–Trinajstić information content (AvgIpc) is 2.46. The standard InChI is InChI=1S/C9H18O2S/c1-11-6-3-7-12-9-5-2-4-8(9)10/h8-10H,2-7H2,1H3. The Kier molecular flexibility index (Phi) is 5.04. The maximum atomic E-state index is 9.49. The van der Waals surface area contributed by atoms with Crippen LogP contribution in [0.4, 0.5) is 0 Å². The highest BCUT2D eigenvalue weighted by molar-refractivity contribution is 7.99. The van der Waals surface area contributed by atoms with Gasteiger partial charge in [0.1, 0.15) is 0 Å². The summed E-state index contributed by atoms with van der Waals surface area (Å²) in [5.74, 6) is 1.12. The molecule has 1 saturated carbocycles. The average molecular weight is 190 g/mol. The zero-order valence-electron chi connectivity index (χ0n) is 7.66. The minimum Gasteiger partial charge on any atom is -0.392 e. The first-order chi connectivity index (χ1) is 5.84. The molecule has 2 atom stereocenters. The van der Waals surface area contributed by atoms with Gasteiger partial charge in [-0.3, -0.25) is 0 Å². The van der Waals surface area contributed by atoms with Crippen LogP contribution in [0.15, 0.2) is 0 Å². The molecule has 3 heteroatoms. The van der Waals surface area contributed by atoms with Gasteiger partial charge in [-0.2, -0.15) is 11.8 Å². The van der Waals surface area contributed by atoms with E-state index in [1.165, 1.54) is 12.8 Å². The minimum absolute atomic E-state index is 0.0439. The molecule has 0 aromatic heterocycles. The second-order valence-corrected chi connectivity index (χ2v) is 4.60. The second-order valence-electron chi connectivity index (χ2n) is 3.25. The fourth-order valence-electron chi connectivity index (χ4n) is 1.54. The van der Waals surface area contributed by atoms with Crippen molar-refractivity contribution in [1.29, 1.82) is 0 Å². The number of thioether (sulfide) groups is 1. The lowest BCUT2D eigenvalue weighted by Gasteiger charge is -2.13. The molecule has 0 radical (unpaired) electrons. The van der Waals surface area contributed by atoms with Crippen molar-refractivity contribution in [3.8, 4) is 0 Å². The molecule has 0 heterocycles. The van der Waals surface area contributed by atoms with Crippen molar-refractivity contribution >= 4 is 11.8 Å². The van der Waals surface area contributed by atoms with Gasteiger partial charge in [0.2, 0.25) is 0 Å². The van der Waals surface area contributed by atoms with Crippen molar-refractivity contribution in [2.75, 3.05) is 19.5 Å². The van der Waals surface area contributed by atoms with Crippen LogP contribution in [-0.2, 0) is 4.74 Å². The zero-order valence-corrected chi connectivity index (χ0v) is 8.48. The fourth-order valence-corrected chi connectivity index (χ4v) is 2.82. The molecule has 0 aromatic carbocycles. The van der Waals surface area contributed by atoms with Crippen molar-refractivity contribution in [3.05, 3.63) is 0 Å². The van der Waals surface area contributed by atoms with Gasteiger partial charge in [0.15, 0.2) is 0 Å². The summed E-state index contributed by atoms with van der Waals surface area (Å²) in [6.07, 6.45) is 4.45. The molecular weight excluding hydrogens is 172 g/mol. The van der Waals surface area contributed by atoms with Crippen LogP contribution in [-0.4, -0.2) is 35.9 Å². The Labute approximate surface area is 78.7 Å². The van der Waals surface area contributed by atoms with Crippen LogP contribution >= 0.6 is 11.8 Å². The predicted octanol–water partition coefficient (Wildman–Crippen LogP) is 1.67. The van der Waals surface area contributed by atoms with E-state index in [9.17, 15) is 5.11 Å². The topological polar surface area (TPSA) is 29.5 Å². The van der Waals surface area contributed by atoms with E-state index in [0.717, 1.165) is 25.2 Å². The van der Waals surface area contributed by atoms with Gasteiger partial charge in [0, 0.05) is 19.0 Å². The van der Waals surface area contributed by atoms with Crippen LogP contribution < -0.4 is 0 Å². The van der Waals surface area contributed by atoms with E-state index in [-0.39, 0.29) is 6.10 Å². The third-order valence-electron chi connectivity index (χ3n) is 2.24. The smallest absolute Gasteiger partial charge is 0.0658 e. The van der Waals surface area contributed by atoms with Crippen LogP contribution in [0.1, 0.15) is 25.7 Å². The van der Waals surface area contributed by atoms with E-state index in [1.807, 2.05) is 11.8 Å². The molecule has 2 unspecified atom stereocenters. The van der Waals surface area contributed by atoms with E-state index >= 15 is 0 Å². The van der Waals surface area contributed by atoms with E-state index in [2.05, 4.69) is 0 Å². The summed E-state index contributed by atoms with van der Waals surface area (Å²) in [5.41, 5.74) is 0. The van der Waals surface area contributed by atoms with Gasteiger partial charge in [-0.1, -0.05) is 0 Å². The molecule has 0 saturated heterocycles. The largest absolute Gasteiger partial charge is 0.392 e. The van der Waals surface area contributed by atoms with Crippen LogP contribution in [0.2, 0.25) is 0 Å². The van der Waals surface area contributed by atoms with E-state index < -0.39 is 0 Å². The number of aliphatic hydroxyl groups excluding tert-OH is 1. The van der Waals surface area contributed by atoms with E-state index in [0.29, 0.717) is 5.25 Å². The van der Waals surface area contributed by atoms with Crippen LogP contribution in [0.3, 0.4) is 0 Å². The molecule has 1 fully saturated rings. The SMILES string of the molecule is COCCCSC1CCCC1O. The normalized spacial score (nSPS) is 29.5. The van der Waals surface area contributed by atoms with Gasteiger partial charge in [-0.05, 0) is 31.4 Å². The first kappa shape index (κ1) is 10.4. The fraction of sp³-hybridized carbons (Fsp3) is 1.00. The Morgan fingerprint density at radius 3 is 2.92 bits per heavy atom. The molecule has 1 N–H and O–H groups in total. The molecule has 12 heavy (non-hydrogen) atoms. The maximum Gasteiger partial charge on any atom is 0.0658 e. The molecule has 0 spiro atoms. The summed E-state index contributed by atoms with van der Waals surface area (Å²) in [6.45, 7) is 0.843. The zero-order chi connectivity index (χ0) is 8.81. The van der Waals surface area contributed by atoms with Crippen molar-refractivity contribution in [2.45, 2.75) is 37.0 Å². The molecule has 1 rings (SSSR count). The highest BCUT2D eigenvalue weighted by atomic mass is 32.2. The number of ether oxygens (including phenoxy) is 1. The lowest BCUT2D eigenvalue weighted by Crippen LogP contribution is -2.15. The summed E-state index contributed by atoms with van der Waals surface area (Å²) in [7, 11) is 1.73. The van der Waals surface area contributed by atoms with Gasteiger partial charge < -0.3 is 9.84 Å². The van der Waals surface area contributed by atoms with Gasteiger partial charge in [0.25, 0.3) is 0 Å². The highest BCUT2D eigenvalue weighted by Gasteiger charge is 2.24. The number of rotatable bonds is 5. The monoisotopic (exact) mass is 190 g/mol. The third kappa shape index (κ3) is 3.33. The lowest BCUT2D eigenvalue weighted by molar-refractivity contribution is 0.187. The predicted molar refractivity (Wildman–Crippen MR) is 52.6 cm³/mol. The van der Waals surface area contributed by atoms with Gasteiger partial charge >= 0.3 is 0 Å². The first-order valence-electron chi connectivity index (χ1n) is 4.63. The van der Waals surface area contributed by atoms with Crippen LogP contribution in [0.25, 0.3) is 0 Å².